The van der Waals surface area contributed by atoms with Crippen LogP contribution in [0.3, 0.4) is 0 Å². The van der Waals surface area contributed by atoms with Crippen molar-refractivity contribution >= 4 is 11.8 Å². The number of nitrogens with zero attached hydrogens (tertiary/aromatic N) is 1. The Morgan fingerprint density at radius 3 is 2.33 bits per heavy atom. The molecule has 116 valence electrons. The number of nitrogens with one attached hydrogen (secondary N) is 1. The number of benzene rings is 1. The number of alkyl carbamates (subject to hydrolysis) is 1. The summed E-state index contributed by atoms with van der Waals surface area (Å²) >= 11 is 0. The van der Waals surface area contributed by atoms with E-state index in [0.29, 0.717) is 6.42 Å². The lowest BCUT2D eigenvalue weighted by Crippen LogP contribution is -2.39. The van der Waals surface area contributed by atoms with Crippen LogP contribution in [0.5, 0.6) is 0 Å². The van der Waals surface area contributed by atoms with Gasteiger partial charge in [-0.1, -0.05) is 19.1 Å². The van der Waals surface area contributed by atoms with Gasteiger partial charge in [0, 0.05) is 18.2 Å². The van der Waals surface area contributed by atoms with Crippen LogP contribution >= 0.6 is 0 Å². The molecule has 6 nitrogen and oxygen atoms in total. The van der Waals surface area contributed by atoms with Crippen molar-refractivity contribution in [1.82, 2.24) is 5.32 Å². The van der Waals surface area contributed by atoms with Crippen molar-refractivity contribution in [2.75, 3.05) is 0 Å². The van der Waals surface area contributed by atoms with Crippen molar-refractivity contribution < 1.29 is 14.5 Å². The van der Waals surface area contributed by atoms with Crippen molar-refractivity contribution in [3.63, 3.8) is 0 Å². The summed E-state index contributed by atoms with van der Waals surface area (Å²) in [5.41, 5.74) is 0.464. The minimum Gasteiger partial charge on any atom is -0.444 e. The normalized spacial score (nSPS) is 12.6. The Morgan fingerprint density at radius 1 is 1.33 bits per heavy atom. The van der Waals surface area contributed by atoms with Gasteiger partial charge in [-0.3, -0.25) is 10.1 Å². The van der Waals surface area contributed by atoms with Crippen LogP contribution in [-0.4, -0.2) is 22.7 Å². The lowest BCUT2D eigenvalue weighted by Gasteiger charge is -2.23. The lowest BCUT2D eigenvalue weighted by molar-refractivity contribution is -0.384. The zero-order chi connectivity index (χ0) is 16.0. The monoisotopic (exact) mass is 294 g/mol. The molecule has 1 amide bonds. The van der Waals surface area contributed by atoms with E-state index in [-0.39, 0.29) is 11.7 Å². The first-order valence-corrected chi connectivity index (χ1v) is 6.94. The number of ether oxygens (including phenoxy) is 1. The molecule has 0 fully saturated rings. The van der Waals surface area contributed by atoms with Crippen LogP contribution in [0.4, 0.5) is 10.5 Å². The molecular weight excluding hydrogens is 272 g/mol. The molecule has 1 rings (SSSR count). The Kier molecular flexibility index (Phi) is 5.69. The standard InChI is InChI=1S/C15H22N2O4/c1-5-12(16-14(18)21-15(2,3)4)10-11-6-8-13(9-7-11)17(19)20/h6-9,12H,5,10H2,1-4H3,(H,16,18)/t12-/m1/s1. The van der Waals surface area contributed by atoms with E-state index in [9.17, 15) is 14.9 Å². The van der Waals surface area contributed by atoms with Gasteiger partial charge in [-0.2, -0.15) is 0 Å². The van der Waals surface area contributed by atoms with E-state index in [1.54, 1.807) is 12.1 Å². The number of carbonyl (C=O) groups is 1. The van der Waals surface area contributed by atoms with Crippen molar-refractivity contribution in [3.8, 4) is 0 Å². The highest BCUT2D eigenvalue weighted by atomic mass is 16.6. The van der Waals surface area contributed by atoms with Crippen LogP contribution in [0, 0.1) is 10.1 Å². The lowest BCUT2D eigenvalue weighted by atomic mass is 10.0. The first-order valence-electron chi connectivity index (χ1n) is 6.94. The van der Waals surface area contributed by atoms with E-state index in [1.165, 1.54) is 12.1 Å². The van der Waals surface area contributed by atoms with Gasteiger partial charge in [0.1, 0.15) is 5.60 Å². The number of rotatable bonds is 5. The summed E-state index contributed by atoms with van der Waals surface area (Å²) in [6.07, 6.45) is 0.903. The predicted octanol–water partition coefficient (Wildman–Crippen LogP) is 3.44. The van der Waals surface area contributed by atoms with Gasteiger partial charge in [-0.15, -0.1) is 0 Å². The predicted molar refractivity (Wildman–Crippen MR) is 80.2 cm³/mol. The summed E-state index contributed by atoms with van der Waals surface area (Å²) in [4.78, 5) is 21.9. The molecule has 0 aliphatic heterocycles. The Labute approximate surface area is 124 Å². The highest BCUT2D eigenvalue weighted by Gasteiger charge is 2.19. The van der Waals surface area contributed by atoms with E-state index in [4.69, 9.17) is 4.74 Å². The second-order valence-electron chi connectivity index (χ2n) is 5.88. The van der Waals surface area contributed by atoms with E-state index < -0.39 is 16.6 Å². The molecule has 1 aromatic carbocycles. The van der Waals surface area contributed by atoms with Crippen LogP contribution in [0.15, 0.2) is 24.3 Å². The van der Waals surface area contributed by atoms with E-state index in [0.717, 1.165) is 12.0 Å². The van der Waals surface area contributed by atoms with Crippen molar-refractivity contribution in [1.29, 1.82) is 0 Å². The second-order valence-corrected chi connectivity index (χ2v) is 5.88. The molecule has 0 bridgehead atoms. The van der Waals surface area contributed by atoms with Gasteiger partial charge in [0.15, 0.2) is 0 Å². The SMILES string of the molecule is CC[C@H](Cc1ccc([N+](=O)[O-])cc1)NC(=O)OC(C)(C)C. The number of non-ortho nitro benzene ring substituents is 1. The van der Waals surface area contributed by atoms with E-state index in [1.807, 2.05) is 27.7 Å². The fraction of sp³-hybridized carbons (Fsp3) is 0.533. The van der Waals surface area contributed by atoms with Gasteiger partial charge >= 0.3 is 6.09 Å². The number of carbonyl (C=O) groups excluding carboxylic acids is 1. The summed E-state index contributed by atoms with van der Waals surface area (Å²) in [5.74, 6) is 0. The molecule has 0 heterocycles. The van der Waals surface area contributed by atoms with Crippen LogP contribution in [0.2, 0.25) is 0 Å². The Morgan fingerprint density at radius 2 is 1.90 bits per heavy atom. The number of nitro groups is 1. The fourth-order valence-corrected chi connectivity index (χ4v) is 1.81. The molecule has 1 N–H and O–H groups in total. The van der Waals surface area contributed by atoms with Gasteiger partial charge < -0.3 is 10.1 Å². The fourth-order valence-electron chi connectivity index (χ4n) is 1.81. The molecule has 0 unspecified atom stereocenters. The maximum absolute atomic E-state index is 11.7. The van der Waals surface area contributed by atoms with Crippen molar-refractivity contribution in [3.05, 3.63) is 39.9 Å². The molecule has 1 aromatic rings. The molecule has 0 aliphatic carbocycles. The Bertz CT molecular complexity index is 491. The Hall–Kier alpha value is -2.11. The zero-order valence-corrected chi connectivity index (χ0v) is 12.9. The first-order chi connectivity index (χ1) is 9.71. The largest absolute Gasteiger partial charge is 0.444 e. The van der Waals surface area contributed by atoms with Crippen molar-refractivity contribution in [2.24, 2.45) is 0 Å². The first kappa shape index (κ1) is 16.9. The zero-order valence-electron chi connectivity index (χ0n) is 12.9. The van der Waals surface area contributed by atoms with E-state index in [2.05, 4.69) is 5.32 Å². The third kappa shape index (κ3) is 6.25. The minimum absolute atomic E-state index is 0.0619. The molecule has 0 saturated heterocycles. The summed E-state index contributed by atoms with van der Waals surface area (Å²) in [6.45, 7) is 7.39. The average Bonchev–Trinajstić information content (AvgIpc) is 2.36. The molecule has 0 spiro atoms. The van der Waals surface area contributed by atoms with Crippen LogP contribution in [0.25, 0.3) is 0 Å². The summed E-state index contributed by atoms with van der Waals surface area (Å²) in [7, 11) is 0. The second kappa shape index (κ2) is 7.06. The smallest absolute Gasteiger partial charge is 0.407 e. The van der Waals surface area contributed by atoms with Crippen LogP contribution in [-0.2, 0) is 11.2 Å². The number of amides is 1. The average molecular weight is 294 g/mol. The quantitative estimate of drug-likeness (QED) is 0.666. The molecule has 0 saturated carbocycles. The number of hydrogen-bond acceptors (Lipinski definition) is 4. The molecule has 0 radical (unpaired) electrons. The highest BCUT2D eigenvalue weighted by Crippen LogP contribution is 2.14. The summed E-state index contributed by atoms with van der Waals surface area (Å²) in [5, 5.41) is 13.4. The summed E-state index contributed by atoms with van der Waals surface area (Å²) < 4.78 is 5.22. The topological polar surface area (TPSA) is 81.5 Å². The van der Waals surface area contributed by atoms with Crippen molar-refractivity contribution in [2.45, 2.75) is 52.2 Å². The van der Waals surface area contributed by atoms with Gasteiger partial charge in [0.25, 0.3) is 5.69 Å². The van der Waals surface area contributed by atoms with Gasteiger partial charge in [0.05, 0.1) is 4.92 Å². The van der Waals surface area contributed by atoms with E-state index >= 15 is 0 Å². The number of nitro benzene ring substituents is 1. The molecular formula is C15H22N2O4. The number of hydrogen-bond donors (Lipinski definition) is 1. The van der Waals surface area contributed by atoms with Crippen LogP contribution in [0.1, 0.15) is 39.7 Å². The van der Waals surface area contributed by atoms with Crippen LogP contribution < -0.4 is 5.32 Å². The van der Waals surface area contributed by atoms with Gasteiger partial charge in [0.2, 0.25) is 0 Å². The third-order valence-corrected chi connectivity index (χ3v) is 2.84. The maximum atomic E-state index is 11.7. The Balaban J connectivity index is 2.61. The van der Waals surface area contributed by atoms with Gasteiger partial charge in [-0.25, -0.2) is 4.79 Å². The molecule has 6 heteroatoms. The van der Waals surface area contributed by atoms with Gasteiger partial charge in [-0.05, 0) is 39.2 Å². The maximum Gasteiger partial charge on any atom is 0.407 e. The molecule has 21 heavy (non-hydrogen) atoms. The highest BCUT2D eigenvalue weighted by molar-refractivity contribution is 5.68. The molecule has 0 aromatic heterocycles. The third-order valence-electron chi connectivity index (χ3n) is 2.84. The minimum atomic E-state index is -0.532. The molecule has 1 atom stereocenters. The summed E-state index contributed by atoms with van der Waals surface area (Å²) in [6, 6.07) is 6.28. The molecule has 0 aliphatic rings.